The van der Waals surface area contributed by atoms with E-state index in [0.29, 0.717) is 32.3 Å². The monoisotopic (exact) mass is 391 g/mol. The van der Waals surface area contributed by atoms with Crippen LogP contribution >= 0.6 is 0 Å². The first-order chi connectivity index (χ1) is 13.3. The summed E-state index contributed by atoms with van der Waals surface area (Å²) in [6.45, 7) is 11.7. The Labute approximate surface area is 169 Å². The Hall–Kier alpha value is -1.63. The van der Waals surface area contributed by atoms with E-state index in [-0.39, 0.29) is 11.0 Å². The molecule has 28 heavy (non-hydrogen) atoms. The van der Waals surface area contributed by atoms with E-state index in [1.54, 1.807) is 7.11 Å². The van der Waals surface area contributed by atoms with Crippen LogP contribution in [0.2, 0.25) is 0 Å². The lowest BCUT2D eigenvalue weighted by Crippen LogP contribution is -2.44. The number of ether oxygens (including phenoxy) is 2. The molecule has 3 N–H and O–H groups in total. The van der Waals surface area contributed by atoms with Crippen molar-refractivity contribution < 1.29 is 14.6 Å². The van der Waals surface area contributed by atoms with E-state index in [2.05, 4.69) is 43.5 Å². The molecular weight excluding hydrogens is 354 g/mol. The molecule has 1 atom stereocenters. The quantitative estimate of drug-likeness (QED) is 0.492. The highest BCUT2D eigenvalue weighted by atomic mass is 16.5. The minimum absolute atomic E-state index is 0.105. The summed E-state index contributed by atoms with van der Waals surface area (Å²) in [4.78, 5) is 4.69. The van der Waals surface area contributed by atoms with E-state index >= 15 is 0 Å². The topological polar surface area (TPSA) is 75.1 Å². The van der Waals surface area contributed by atoms with E-state index < -0.39 is 6.10 Å². The molecule has 1 fully saturated rings. The first-order valence-corrected chi connectivity index (χ1v) is 10.2. The largest absolute Gasteiger partial charge is 0.387 e. The molecule has 0 spiro atoms. The molecule has 6 nitrogen and oxygen atoms in total. The van der Waals surface area contributed by atoms with E-state index in [4.69, 9.17) is 14.5 Å². The molecule has 1 aromatic rings. The second-order valence-corrected chi connectivity index (χ2v) is 8.46. The van der Waals surface area contributed by atoms with Crippen LogP contribution in [0.4, 0.5) is 0 Å². The van der Waals surface area contributed by atoms with Crippen molar-refractivity contribution in [2.45, 2.75) is 57.7 Å². The molecule has 0 aliphatic carbocycles. The summed E-state index contributed by atoms with van der Waals surface area (Å²) < 4.78 is 11.2. The van der Waals surface area contributed by atoms with Gasteiger partial charge in [-0.15, -0.1) is 0 Å². The number of benzene rings is 1. The van der Waals surface area contributed by atoms with Gasteiger partial charge in [0.05, 0.1) is 18.2 Å². The van der Waals surface area contributed by atoms with Crippen LogP contribution in [-0.4, -0.2) is 56.6 Å². The summed E-state index contributed by atoms with van der Waals surface area (Å²) in [6.07, 6.45) is 1.09. The van der Waals surface area contributed by atoms with Crippen LogP contribution < -0.4 is 10.6 Å². The Morgan fingerprint density at radius 2 is 1.86 bits per heavy atom. The van der Waals surface area contributed by atoms with Gasteiger partial charge in [-0.05, 0) is 23.5 Å². The summed E-state index contributed by atoms with van der Waals surface area (Å²) >= 11 is 0. The third-order valence-corrected chi connectivity index (χ3v) is 5.33. The highest BCUT2D eigenvalue weighted by Gasteiger charge is 2.32. The zero-order valence-corrected chi connectivity index (χ0v) is 18.0. The molecule has 2 rings (SSSR count). The second-order valence-electron chi connectivity index (χ2n) is 8.46. The van der Waals surface area contributed by atoms with Crippen molar-refractivity contribution in [3.63, 3.8) is 0 Å². The molecule has 1 unspecified atom stereocenters. The maximum Gasteiger partial charge on any atom is 0.191 e. The molecule has 6 heteroatoms. The number of aliphatic hydroxyl groups is 1. The minimum atomic E-state index is -0.600. The van der Waals surface area contributed by atoms with Crippen molar-refractivity contribution >= 4 is 5.96 Å². The van der Waals surface area contributed by atoms with Crippen LogP contribution in [-0.2, 0) is 14.9 Å². The van der Waals surface area contributed by atoms with Gasteiger partial charge < -0.3 is 25.2 Å². The number of rotatable bonds is 7. The Morgan fingerprint density at radius 3 is 2.39 bits per heavy atom. The second kappa shape index (κ2) is 10.2. The maximum atomic E-state index is 10.6. The summed E-state index contributed by atoms with van der Waals surface area (Å²) in [6, 6.07) is 8.18. The van der Waals surface area contributed by atoms with Crippen LogP contribution in [0.25, 0.3) is 0 Å². The lowest BCUT2D eigenvalue weighted by molar-refractivity contribution is -0.0828. The molecule has 0 radical (unpaired) electrons. The standard InChI is InChI=1S/C22H37N3O3/c1-6-23-20(25-16-22(27-5)11-13-28-14-12-22)24-15-19(26)17-7-9-18(10-8-17)21(2,3)4/h7-10,19,26H,6,11-16H2,1-5H3,(H2,23,24,25). The number of methoxy groups -OCH3 is 1. The van der Waals surface area contributed by atoms with Crippen molar-refractivity contribution in [3.8, 4) is 0 Å². The molecule has 0 amide bonds. The predicted octanol–water partition coefficient (Wildman–Crippen LogP) is 2.77. The zero-order valence-electron chi connectivity index (χ0n) is 18.0. The number of nitrogens with zero attached hydrogens (tertiary/aromatic N) is 1. The van der Waals surface area contributed by atoms with Gasteiger partial charge in [0.25, 0.3) is 0 Å². The predicted molar refractivity (Wildman–Crippen MR) is 114 cm³/mol. The average molecular weight is 392 g/mol. The van der Waals surface area contributed by atoms with Crippen molar-refractivity contribution in [2.24, 2.45) is 4.99 Å². The van der Waals surface area contributed by atoms with Crippen LogP contribution in [0.3, 0.4) is 0 Å². The molecule has 0 saturated carbocycles. The third kappa shape index (κ3) is 6.47. The van der Waals surface area contributed by atoms with Gasteiger partial charge in [-0.1, -0.05) is 45.0 Å². The van der Waals surface area contributed by atoms with E-state index in [1.807, 2.05) is 19.1 Å². The summed E-state index contributed by atoms with van der Waals surface area (Å²) in [5, 5.41) is 17.0. The van der Waals surface area contributed by atoms with Gasteiger partial charge >= 0.3 is 0 Å². The van der Waals surface area contributed by atoms with Crippen LogP contribution in [0, 0.1) is 0 Å². The smallest absolute Gasteiger partial charge is 0.191 e. The molecule has 1 saturated heterocycles. The number of nitrogens with one attached hydrogen (secondary N) is 2. The summed E-state index contributed by atoms with van der Waals surface area (Å²) in [5.41, 5.74) is 2.00. The first-order valence-electron chi connectivity index (χ1n) is 10.2. The molecule has 0 bridgehead atoms. The fourth-order valence-corrected chi connectivity index (χ4v) is 3.25. The molecule has 1 heterocycles. The van der Waals surface area contributed by atoms with Gasteiger partial charge in [-0.2, -0.15) is 0 Å². The normalized spacial score (nSPS) is 18.6. The fourth-order valence-electron chi connectivity index (χ4n) is 3.25. The van der Waals surface area contributed by atoms with Crippen LogP contribution in [0.5, 0.6) is 0 Å². The van der Waals surface area contributed by atoms with Crippen LogP contribution in [0.15, 0.2) is 29.3 Å². The third-order valence-electron chi connectivity index (χ3n) is 5.33. The van der Waals surface area contributed by atoms with Crippen molar-refractivity contribution in [1.82, 2.24) is 10.6 Å². The van der Waals surface area contributed by atoms with Gasteiger partial charge in [-0.3, -0.25) is 4.99 Å². The first kappa shape index (κ1) is 22.7. The molecule has 1 aliphatic rings. The van der Waals surface area contributed by atoms with Crippen LogP contribution in [0.1, 0.15) is 57.8 Å². The average Bonchev–Trinajstić information content (AvgIpc) is 2.70. The molecule has 158 valence electrons. The summed E-state index contributed by atoms with van der Waals surface area (Å²) in [7, 11) is 1.74. The van der Waals surface area contributed by atoms with Crippen molar-refractivity contribution in [2.75, 3.05) is 40.0 Å². The highest BCUT2D eigenvalue weighted by Crippen LogP contribution is 2.25. The Bertz CT molecular complexity index is 617. The Morgan fingerprint density at radius 1 is 1.21 bits per heavy atom. The van der Waals surface area contributed by atoms with Gasteiger partial charge in [0, 0.05) is 46.3 Å². The fraction of sp³-hybridized carbons (Fsp3) is 0.682. The minimum Gasteiger partial charge on any atom is -0.387 e. The Kier molecular flexibility index (Phi) is 8.28. The number of hydrogen-bond donors (Lipinski definition) is 3. The highest BCUT2D eigenvalue weighted by molar-refractivity contribution is 5.79. The van der Waals surface area contributed by atoms with Gasteiger partial charge in [-0.25, -0.2) is 0 Å². The van der Waals surface area contributed by atoms with Crippen molar-refractivity contribution in [1.29, 1.82) is 0 Å². The number of guanidine groups is 1. The zero-order chi connectivity index (χ0) is 20.6. The Balaban J connectivity index is 1.96. The van der Waals surface area contributed by atoms with E-state index in [0.717, 1.165) is 24.9 Å². The molecular formula is C22H37N3O3. The number of hydrogen-bond acceptors (Lipinski definition) is 4. The van der Waals surface area contributed by atoms with E-state index in [1.165, 1.54) is 5.56 Å². The lowest BCUT2D eigenvalue weighted by atomic mass is 9.86. The van der Waals surface area contributed by atoms with Gasteiger partial charge in [0.1, 0.15) is 0 Å². The van der Waals surface area contributed by atoms with Gasteiger partial charge in [0.2, 0.25) is 0 Å². The maximum absolute atomic E-state index is 10.6. The van der Waals surface area contributed by atoms with Crippen molar-refractivity contribution in [3.05, 3.63) is 35.4 Å². The van der Waals surface area contributed by atoms with E-state index in [9.17, 15) is 5.11 Å². The molecule has 1 aromatic carbocycles. The summed E-state index contributed by atoms with van der Waals surface area (Å²) in [5.74, 6) is 0.691. The molecule has 1 aliphatic heterocycles. The SMILES string of the molecule is CCNC(=NCC1(OC)CCOCC1)NCC(O)c1ccc(C(C)(C)C)cc1. The van der Waals surface area contributed by atoms with Gasteiger partial charge in [0.15, 0.2) is 5.96 Å². The lowest BCUT2D eigenvalue weighted by Gasteiger charge is -2.34. The molecule has 0 aromatic heterocycles. The number of aliphatic hydroxyl groups excluding tert-OH is 1. The number of aliphatic imine (C=N–C) groups is 1.